The van der Waals surface area contributed by atoms with Crippen molar-refractivity contribution in [3.05, 3.63) is 22.5 Å². The zero-order chi connectivity index (χ0) is 14.9. The van der Waals surface area contributed by atoms with Crippen molar-refractivity contribution in [2.24, 2.45) is 0 Å². The number of rotatable bonds is 3. The monoisotopic (exact) mass is 350 g/mol. The van der Waals surface area contributed by atoms with Crippen molar-refractivity contribution in [2.75, 3.05) is 36.0 Å². The first-order valence-corrected chi connectivity index (χ1v) is 9.48. The Balaban J connectivity index is 1.43. The van der Waals surface area contributed by atoms with E-state index in [-0.39, 0.29) is 0 Å². The Kier molecular flexibility index (Phi) is 3.77. The topological polar surface area (TPSA) is 58.0 Å². The van der Waals surface area contributed by atoms with Gasteiger partial charge >= 0.3 is 0 Å². The summed E-state index contributed by atoms with van der Waals surface area (Å²) in [6, 6.07) is 4.13. The van der Waals surface area contributed by atoms with Gasteiger partial charge in [0.05, 0.1) is 4.88 Å². The van der Waals surface area contributed by atoms with Gasteiger partial charge < -0.3 is 9.80 Å². The molecule has 1 fully saturated rings. The van der Waals surface area contributed by atoms with Crippen LogP contribution in [0.2, 0.25) is 0 Å². The van der Waals surface area contributed by atoms with Gasteiger partial charge in [0.25, 0.3) is 0 Å². The predicted molar refractivity (Wildman–Crippen MR) is 92.3 cm³/mol. The Labute approximate surface area is 140 Å². The highest BCUT2D eigenvalue weighted by Crippen LogP contribution is 2.32. The number of thiophene rings is 1. The zero-order valence-corrected chi connectivity index (χ0v) is 14.4. The summed E-state index contributed by atoms with van der Waals surface area (Å²) in [5, 5.41) is 23.1. The molecule has 114 valence electrons. The van der Waals surface area contributed by atoms with Gasteiger partial charge in [-0.05, 0) is 18.4 Å². The highest BCUT2D eigenvalue weighted by atomic mass is 32.1. The molecule has 0 bridgehead atoms. The summed E-state index contributed by atoms with van der Waals surface area (Å²) < 4.78 is 0. The summed E-state index contributed by atoms with van der Waals surface area (Å²) in [5.74, 6) is 0. The van der Waals surface area contributed by atoms with Crippen LogP contribution < -0.4 is 9.80 Å². The van der Waals surface area contributed by atoms with Crippen LogP contribution in [0.1, 0.15) is 5.01 Å². The lowest BCUT2D eigenvalue weighted by molar-refractivity contribution is 0.646. The van der Waals surface area contributed by atoms with Crippen LogP contribution in [0.25, 0.3) is 9.88 Å². The quantitative estimate of drug-likeness (QED) is 0.724. The van der Waals surface area contributed by atoms with Crippen LogP contribution in [0.4, 0.5) is 10.3 Å². The van der Waals surface area contributed by atoms with Crippen LogP contribution in [0.3, 0.4) is 0 Å². The van der Waals surface area contributed by atoms with Crippen molar-refractivity contribution in [3.8, 4) is 9.88 Å². The van der Waals surface area contributed by atoms with Gasteiger partial charge in [0, 0.05) is 26.2 Å². The molecule has 4 rings (SSSR count). The maximum absolute atomic E-state index is 4.35. The molecule has 4 heterocycles. The average molecular weight is 350 g/mol. The molecule has 0 atom stereocenters. The van der Waals surface area contributed by atoms with Crippen molar-refractivity contribution in [3.63, 3.8) is 0 Å². The Morgan fingerprint density at radius 3 is 2.18 bits per heavy atom. The van der Waals surface area contributed by atoms with Gasteiger partial charge in [0.15, 0.2) is 5.01 Å². The summed E-state index contributed by atoms with van der Waals surface area (Å²) in [7, 11) is 0. The number of anilines is 2. The van der Waals surface area contributed by atoms with E-state index < -0.39 is 0 Å². The van der Waals surface area contributed by atoms with E-state index in [0.29, 0.717) is 0 Å². The molecule has 9 heteroatoms. The summed E-state index contributed by atoms with van der Waals surface area (Å²) in [6.07, 6.45) is 0. The molecule has 0 spiro atoms. The molecule has 0 amide bonds. The molecule has 1 saturated heterocycles. The highest BCUT2D eigenvalue weighted by Gasteiger charge is 2.22. The van der Waals surface area contributed by atoms with E-state index in [1.165, 1.54) is 4.88 Å². The lowest BCUT2D eigenvalue weighted by atomic mass is 10.3. The van der Waals surface area contributed by atoms with Crippen molar-refractivity contribution in [1.82, 2.24) is 20.4 Å². The second-order valence-electron chi connectivity index (χ2n) is 4.94. The molecule has 0 radical (unpaired) electrons. The summed E-state index contributed by atoms with van der Waals surface area (Å²) >= 11 is 5.03. The van der Waals surface area contributed by atoms with Gasteiger partial charge in [-0.2, -0.15) is 0 Å². The van der Waals surface area contributed by atoms with E-state index in [1.807, 2.05) is 13.0 Å². The summed E-state index contributed by atoms with van der Waals surface area (Å²) in [4.78, 5) is 5.79. The molecule has 22 heavy (non-hydrogen) atoms. The number of aromatic nitrogens is 4. The van der Waals surface area contributed by atoms with E-state index in [1.54, 1.807) is 34.0 Å². The highest BCUT2D eigenvalue weighted by molar-refractivity contribution is 7.22. The Bertz CT molecular complexity index is 742. The molecule has 0 aliphatic carbocycles. The van der Waals surface area contributed by atoms with Crippen LogP contribution >= 0.6 is 34.0 Å². The Hall–Kier alpha value is -1.58. The normalized spacial score (nSPS) is 15.5. The fourth-order valence-electron chi connectivity index (χ4n) is 2.35. The Morgan fingerprint density at radius 1 is 0.909 bits per heavy atom. The van der Waals surface area contributed by atoms with E-state index in [9.17, 15) is 0 Å². The minimum absolute atomic E-state index is 0.942. The van der Waals surface area contributed by atoms with E-state index >= 15 is 0 Å². The third-order valence-corrected chi connectivity index (χ3v) is 6.40. The Morgan fingerprint density at radius 2 is 1.59 bits per heavy atom. The molecule has 0 unspecified atom stereocenters. The van der Waals surface area contributed by atoms with Gasteiger partial charge in [-0.25, -0.2) is 0 Å². The molecule has 6 nitrogen and oxygen atoms in total. The molecule has 3 aromatic heterocycles. The van der Waals surface area contributed by atoms with Crippen LogP contribution in [-0.4, -0.2) is 46.6 Å². The number of hydrogen-bond acceptors (Lipinski definition) is 9. The maximum atomic E-state index is 4.35. The molecule has 1 aliphatic heterocycles. The first-order valence-electron chi connectivity index (χ1n) is 6.97. The largest absolute Gasteiger partial charge is 0.343 e. The third-order valence-electron chi connectivity index (χ3n) is 3.48. The zero-order valence-electron chi connectivity index (χ0n) is 12.0. The molecule has 1 aliphatic rings. The lowest BCUT2D eigenvalue weighted by Crippen LogP contribution is -2.46. The van der Waals surface area contributed by atoms with Crippen molar-refractivity contribution < 1.29 is 0 Å². The number of nitrogens with zero attached hydrogens (tertiary/aromatic N) is 6. The molecule has 0 saturated carbocycles. The first kappa shape index (κ1) is 14.0. The van der Waals surface area contributed by atoms with E-state index in [0.717, 1.165) is 46.5 Å². The van der Waals surface area contributed by atoms with Crippen LogP contribution in [0.15, 0.2) is 17.5 Å². The van der Waals surface area contributed by atoms with Gasteiger partial charge in [-0.1, -0.05) is 28.7 Å². The smallest absolute Gasteiger partial charge is 0.208 e. The molecule has 0 N–H and O–H groups in total. The first-order chi connectivity index (χ1) is 10.8. The maximum Gasteiger partial charge on any atom is 0.208 e. The SMILES string of the molecule is Cc1nnc(N2CCN(c3nnc(-c4cccs4)s3)CC2)s1. The van der Waals surface area contributed by atoms with Gasteiger partial charge in [0.2, 0.25) is 10.3 Å². The van der Waals surface area contributed by atoms with Gasteiger partial charge in [0.1, 0.15) is 5.01 Å². The fraction of sp³-hybridized carbons (Fsp3) is 0.385. The third kappa shape index (κ3) is 2.71. The van der Waals surface area contributed by atoms with Crippen molar-refractivity contribution in [2.45, 2.75) is 6.92 Å². The van der Waals surface area contributed by atoms with E-state index in [2.05, 4.69) is 41.6 Å². The minimum Gasteiger partial charge on any atom is -0.343 e. The molecule has 3 aromatic rings. The predicted octanol–water partition coefficient (Wildman–Crippen LogP) is 2.75. The minimum atomic E-state index is 0.942. The molecular weight excluding hydrogens is 336 g/mol. The van der Waals surface area contributed by atoms with Crippen molar-refractivity contribution in [1.29, 1.82) is 0 Å². The lowest BCUT2D eigenvalue weighted by Gasteiger charge is -2.33. The second-order valence-corrected chi connectivity index (χ2v) is 8.01. The fourth-order valence-corrected chi connectivity index (χ4v) is 4.77. The van der Waals surface area contributed by atoms with E-state index in [4.69, 9.17) is 0 Å². The van der Waals surface area contributed by atoms with Crippen molar-refractivity contribution >= 4 is 44.3 Å². The second kappa shape index (κ2) is 5.90. The standard InChI is InChI=1S/C13H14N6S3/c1-9-14-16-12(21-9)18-4-6-19(7-5-18)13-17-15-11(22-13)10-3-2-8-20-10/h2-3,8H,4-7H2,1H3. The van der Waals surface area contributed by atoms with Gasteiger partial charge in [-0.15, -0.1) is 31.7 Å². The van der Waals surface area contributed by atoms with Crippen LogP contribution in [0.5, 0.6) is 0 Å². The van der Waals surface area contributed by atoms with Gasteiger partial charge in [-0.3, -0.25) is 0 Å². The van der Waals surface area contributed by atoms with Crippen LogP contribution in [0, 0.1) is 6.92 Å². The molecule has 0 aromatic carbocycles. The summed E-state index contributed by atoms with van der Waals surface area (Å²) in [5.41, 5.74) is 0. The number of hydrogen-bond donors (Lipinski definition) is 0. The number of aryl methyl sites for hydroxylation is 1. The summed E-state index contributed by atoms with van der Waals surface area (Å²) in [6.45, 7) is 5.77. The molecular formula is C13H14N6S3. The van der Waals surface area contributed by atoms with Crippen LogP contribution in [-0.2, 0) is 0 Å². The number of piperazine rings is 1. The average Bonchev–Trinajstić information content (AvgIpc) is 3.28.